The highest BCUT2D eigenvalue weighted by atomic mass is 16.2. The van der Waals surface area contributed by atoms with Crippen LogP contribution < -0.4 is 43.8 Å². The molecule has 15 nitrogen and oxygen atoms in total. The molecule has 11 N–H and O–H groups in total. The molecule has 232 valence electrons. The Hall–Kier alpha value is -4.53. The van der Waals surface area contributed by atoms with E-state index >= 15 is 0 Å². The van der Waals surface area contributed by atoms with Crippen LogP contribution in [0.4, 0.5) is 0 Å². The molecule has 0 saturated heterocycles. The topological polar surface area (TPSA) is 253 Å². The predicted octanol–water partition coefficient (Wildman–Crippen LogP) is -2.69. The van der Waals surface area contributed by atoms with Gasteiger partial charge in [0.1, 0.15) is 30.5 Å². The van der Waals surface area contributed by atoms with E-state index < -0.39 is 65.8 Å². The lowest BCUT2D eigenvalue weighted by Gasteiger charge is -2.25. The summed E-state index contributed by atoms with van der Waals surface area (Å²) >= 11 is 0. The number of nitrogens with two attached hydrogens (primary N) is 3. The maximum Gasteiger partial charge on any atom is 0.243 e. The maximum absolute atomic E-state index is 13.5. The Balaban J connectivity index is 3.14. The van der Waals surface area contributed by atoms with Crippen LogP contribution in [0.1, 0.15) is 46.1 Å². The highest BCUT2D eigenvalue weighted by Gasteiger charge is 2.30. The van der Waals surface area contributed by atoms with Crippen molar-refractivity contribution in [2.24, 2.45) is 22.2 Å². The number of aldehydes is 1. The van der Waals surface area contributed by atoms with Gasteiger partial charge in [-0.15, -0.1) is 0 Å². The second kappa shape index (κ2) is 18.0. The first-order chi connectivity index (χ1) is 19.7. The Labute approximate surface area is 245 Å². The van der Waals surface area contributed by atoms with Crippen molar-refractivity contribution in [2.75, 3.05) is 6.54 Å². The van der Waals surface area contributed by atoms with E-state index in [2.05, 4.69) is 31.6 Å². The number of amides is 5. The lowest BCUT2D eigenvalue weighted by atomic mass is 10.0. The van der Waals surface area contributed by atoms with E-state index in [1.54, 1.807) is 30.3 Å². The fourth-order valence-corrected chi connectivity index (χ4v) is 3.57. The van der Waals surface area contributed by atoms with Crippen molar-refractivity contribution in [3.05, 3.63) is 35.9 Å². The summed E-state index contributed by atoms with van der Waals surface area (Å²) in [6, 6.07) is 3.02. The summed E-state index contributed by atoms with van der Waals surface area (Å²) in [5.41, 5.74) is 17.0. The van der Waals surface area contributed by atoms with Crippen LogP contribution in [0.25, 0.3) is 0 Å². The van der Waals surface area contributed by atoms with Gasteiger partial charge in [0, 0.05) is 13.0 Å². The van der Waals surface area contributed by atoms with E-state index in [1.165, 1.54) is 27.7 Å². The molecule has 1 aromatic rings. The Morgan fingerprint density at radius 1 is 0.762 bits per heavy atom. The molecule has 5 amide bonds. The van der Waals surface area contributed by atoms with Crippen LogP contribution in [0.5, 0.6) is 0 Å². The molecule has 0 heterocycles. The van der Waals surface area contributed by atoms with Gasteiger partial charge in [0.2, 0.25) is 29.5 Å². The summed E-state index contributed by atoms with van der Waals surface area (Å²) in [4.78, 5) is 78.6. The van der Waals surface area contributed by atoms with Crippen LogP contribution in [-0.4, -0.2) is 84.6 Å². The molecular weight excluding hydrogens is 546 g/mol. The molecule has 1 aromatic carbocycles. The van der Waals surface area contributed by atoms with Crippen molar-refractivity contribution < 1.29 is 28.8 Å². The number of nitrogens with zero attached hydrogens (tertiary/aromatic N) is 1. The molecule has 1 rings (SSSR count). The first-order valence-corrected chi connectivity index (χ1v) is 13.6. The predicted molar refractivity (Wildman–Crippen MR) is 156 cm³/mol. The number of hydrogen-bond acceptors (Lipinski definition) is 8. The van der Waals surface area contributed by atoms with Gasteiger partial charge in [0.05, 0.1) is 12.1 Å². The highest BCUT2D eigenvalue weighted by Crippen LogP contribution is 2.07. The molecule has 42 heavy (non-hydrogen) atoms. The second-order valence-corrected chi connectivity index (χ2v) is 9.94. The van der Waals surface area contributed by atoms with Crippen LogP contribution in [0, 0.1) is 0 Å². The average molecular weight is 590 g/mol. The number of carbonyl (C=O) groups excluding carboxylic acids is 6. The molecule has 15 heteroatoms. The number of hydrogen-bond donors (Lipinski definition) is 8. The number of benzene rings is 1. The molecule has 0 unspecified atom stereocenters. The standard InChI is InChI=1S/C27H43N9O6/c1-15(14-37)32-23(39)17(3)34-25(41)20(11-8-12-31-27(29)30)35-26(42)21(13-19-9-6-5-7-10-19)36-24(40)18(4)33-22(38)16(2)28/h5-7,9-10,14-18,20-21H,8,11-13,28H2,1-4H3,(H,32,39)(H,33,38)(H,34,41)(H,35,42)(H,36,40)(H4,29,30,31)/t15-,16-,17-,18-,20-,21-/m0/s1. The fraction of sp³-hybridized carbons (Fsp3) is 0.519. The number of guanidine groups is 1. The minimum Gasteiger partial charge on any atom is -0.370 e. The zero-order valence-corrected chi connectivity index (χ0v) is 24.4. The minimum atomic E-state index is -1.13. The number of nitrogens with one attached hydrogen (secondary N) is 5. The summed E-state index contributed by atoms with van der Waals surface area (Å²) in [5, 5.41) is 12.7. The summed E-state index contributed by atoms with van der Waals surface area (Å²) in [5.74, 6) is -3.25. The van der Waals surface area contributed by atoms with Crippen molar-refractivity contribution in [1.82, 2.24) is 26.6 Å². The summed E-state index contributed by atoms with van der Waals surface area (Å²) in [6.45, 7) is 6.01. The lowest BCUT2D eigenvalue weighted by molar-refractivity contribution is -0.134. The van der Waals surface area contributed by atoms with Crippen LogP contribution in [-0.2, 0) is 35.2 Å². The van der Waals surface area contributed by atoms with Crippen LogP contribution in [0.15, 0.2) is 35.3 Å². The zero-order chi connectivity index (χ0) is 31.8. The third-order valence-corrected chi connectivity index (χ3v) is 5.99. The Morgan fingerprint density at radius 3 is 1.83 bits per heavy atom. The second-order valence-electron chi connectivity index (χ2n) is 9.94. The van der Waals surface area contributed by atoms with Gasteiger partial charge in [-0.1, -0.05) is 30.3 Å². The van der Waals surface area contributed by atoms with Crippen LogP contribution in [0.2, 0.25) is 0 Å². The smallest absolute Gasteiger partial charge is 0.243 e. The molecule has 0 bridgehead atoms. The minimum absolute atomic E-state index is 0.0805. The molecule has 0 aliphatic heterocycles. The van der Waals surface area contributed by atoms with E-state index in [1.807, 2.05) is 0 Å². The molecule has 0 aliphatic rings. The number of carbonyl (C=O) groups is 6. The van der Waals surface area contributed by atoms with Gasteiger partial charge in [0.15, 0.2) is 5.96 Å². The van der Waals surface area contributed by atoms with E-state index in [0.29, 0.717) is 12.7 Å². The van der Waals surface area contributed by atoms with Crippen molar-refractivity contribution in [3.8, 4) is 0 Å². The van der Waals surface area contributed by atoms with Gasteiger partial charge < -0.3 is 48.6 Å². The Bertz CT molecular complexity index is 1110. The average Bonchev–Trinajstić information content (AvgIpc) is 2.93. The monoisotopic (exact) mass is 589 g/mol. The van der Waals surface area contributed by atoms with Gasteiger partial charge in [0.25, 0.3) is 0 Å². The van der Waals surface area contributed by atoms with E-state index in [4.69, 9.17) is 17.2 Å². The Morgan fingerprint density at radius 2 is 1.29 bits per heavy atom. The normalized spacial score (nSPS) is 14.9. The molecule has 0 fully saturated rings. The van der Waals surface area contributed by atoms with Crippen molar-refractivity contribution >= 4 is 41.8 Å². The molecule has 0 saturated carbocycles. The van der Waals surface area contributed by atoms with Crippen LogP contribution >= 0.6 is 0 Å². The van der Waals surface area contributed by atoms with E-state index in [-0.39, 0.29) is 25.3 Å². The largest absolute Gasteiger partial charge is 0.370 e. The summed E-state index contributed by atoms with van der Waals surface area (Å²) in [6.07, 6.45) is 1.02. The molecule has 0 radical (unpaired) electrons. The molecule has 0 aromatic heterocycles. The van der Waals surface area contributed by atoms with Gasteiger partial charge in [-0.2, -0.15) is 0 Å². The molecule has 0 spiro atoms. The third-order valence-electron chi connectivity index (χ3n) is 5.99. The van der Waals surface area contributed by atoms with Gasteiger partial charge in [-0.05, 0) is 46.1 Å². The number of aliphatic imine (C=N–C) groups is 1. The van der Waals surface area contributed by atoms with Gasteiger partial charge >= 0.3 is 0 Å². The quantitative estimate of drug-likeness (QED) is 0.0407. The number of rotatable bonds is 17. The van der Waals surface area contributed by atoms with E-state index in [9.17, 15) is 28.8 Å². The summed E-state index contributed by atoms with van der Waals surface area (Å²) in [7, 11) is 0. The fourth-order valence-electron chi connectivity index (χ4n) is 3.57. The van der Waals surface area contributed by atoms with Crippen molar-refractivity contribution in [3.63, 3.8) is 0 Å². The SMILES string of the molecule is C[C@H](N)C(=O)N[C@@H](C)C(=O)N[C@@H](Cc1ccccc1)C(=O)N[C@@H](CCCN=C(N)N)C(=O)N[C@@H](C)C(=O)N[C@@H](C)C=O. The van der Waals surface area contributed by atoms with E-state index in [0.717, 1.165) is 5.56 Å². The first kappa shape index (κ1) is 35.5. The zero-order valence-electron chi connectivity index (χ0n) is 24.4. The molecule has 0 aliphatic carbocycles. The first-order valence-electron chi connectivity index (χ1n) is 13.6. The third kappa shape index (κ3) is 13.2. The van der Waals surface area contributed by atoms with Gasteiger partial charge in [-0.3, -0.25) is 29.0 Å². The van der Waals surface area contributed by atoms with Gasteiger partial charge in [-0.25, -0.2) is 0 Å². The molecular formula is C27H43N9O6. The lowest BCUT2D eigenvalue weighted by Crippen LogP contribution is -2.58. The highest BCUT2D eigenvalue weighted by molar-refractivity contribution is 5.96. The van der Waals surface area contributed by atoms with Crippen LogP contribution in [0.3, 0.4) is 0 Å². The Kier molecular flexibility index (Phi) is 15.2. The summed E-state index contributed by atoms with van der Waals surface area (Å²) < 4.78 is 0. The molecule has 6 atom stereocenters. The van der Waals surface area contributed by atoms with Crippen molar-refractivity contribution in [2.45, 2.75) is 83.2 Å². The maximum atomic E-state index is 13.5. The van der Waals surface area contributed by atoms with Crippen molar-refractivity contribution in [1.29, 1.82) is 0 Å².